The second kappa shape index (κ2) is 4.77. The van der Waals surface area contributed by atoms with Gasteiger partial charge in [0.2, 0.25) is 0 Å². The topological polar surface area (TPSA) is 38.0 Å². The van der Waals surface area contributed by atoms with Crippen LogP contribution in [0, 0.1) is 5.92 Å². The third-order valence-electron chi connectivity index (χ3n) is 3.88. The van der Waals surface area contributed by atoms with Crippen molar-refractivity contribution in [2.45, 2.75) is 31.7 Å². The highest BCUT2D eigenvalue weighted by Gasteiger charge is 2.23. The minimum Gasteiger partial charge on any atom is -0.271 e. The molecule has 1 heterocycles. The Hall–Kier alpha value is -0.900. The van der Waals surface area contributed by atoms with Crippen LogP contribution in [-0.4, -0.2) is 0 Å². The van der Waals surface area contributed by atoms with Crippen LogP contribution in [0.4, 0.5) is 0 Å². The molecule has 1 aromatic carbocycles. The number of hydrogen-bond acceptors (Lipinski definition) is 3. The van der Waals surface area contributed by atoms with Crippen LogP contribution in [0.15, 0.2) is 29.6 Å². The maximum atomic E-state index is 5.74. The van der Waals surface area contributed by atoms with E-state index in [0.29, 0.717) is 6.04 Å². The summed E-state index contributed by atoms with van der Waals surface area (Å²) in [5.74, 6) is 6.61. The van der Waals surface area contributed by atoms with Crippen molar-refractivity contribution in [2.75, 3.05) is 0 Å². The first kappa shape index (κ1) is 11.2. The molecule has 2 aromatic rings. The van der Waals surface area contributed by atoms with Crippen molar-refractivity contribution >= 4 is 21.4 Å². The number of nitrogens with one attached hydrogen (secondary N) is 1. The molecule has 90 valence electrons. The van der Waals surface area contributed by atoms with Gasteiger partial charge in [0.05, 0.1) is 0 Å². The van der Waals surface area contributed by atoms with E-state index in [2.05, 4.69) is 35.1 Å². The molecule has 0 bridgehead atoms. The predicted molar refractivity (Wildman–Crippen MR) is 73.8 cm³/mol. The average Bonchev–Trinajstić information content (AvgIpc) is 2.72. The molecule has 0 saturated heterocycles. The van der Waals surface area contributed by atoms with Crippen LogP contribution in [0.2, 0.25) is 0 Å². The largest absolute Gasteiger partial charge is 0.271 e. The first-order valence-corrected chi connectivity index (χ1v) is 7.18. The maximum absolute atomic E-state index is 5.74. The van der Waals surface area contributed by atoms with E-state index in [-0.39, 0.29) is 0 Å². The van der Waals surface area contributed by atoms with Crippen molar-refractivity contribution in [3.63, 3.8) is 0 Å². The van der Waals surface area contributed by atoms with E-state index >= 15 is 0 Å². The maximum Gasteiger partial charge on any atom is 0.0477 e. The molecule has 2 nitrogen and oxygen atoms in total. The van der Waals surface area contributed by atoms with Crippen molar-refractivity contribution in [3.05, 3.63) is 35.2 Å². The molecule has 3 N–H and O–H groups in total. The van der Waals surface area contributed by atoms with E-state index in [4.69, 9.17) is 5.84 Å². The summed E-state index contributed by atoms with van der Waals surface area (Å²) in [5, 5.41) is 3.62. The Labute approximate surface area is 106 Å². The minimum absolute atomic E-state index is 0.316. The summed E-state index contributed by atoms with van der Waals surface area (Å²) in [6.45, 7) is 0. The van der Waals surface area contributed by atoms with Gasteiger partial charge in [0.1, 0.15) is 0 Å². The number of fused-ring (bicyclic) bond motifs is 1. The third-order valence-corrected chi connectivity index (χ3v) is 4.86. The summed E-state index contributed by atoms with van der Waals surface area (Å²) < 4.78 is 1.36. The fourth-order valence-corrected chi connectivity index (χ4v) is 3.63. The second-order valence-corrected chi connectivity index (χ2v) is 5.85. The molecule has 1 unspecified atom stereocenters. The lowest BCUT2D eigenvalue weighted by molar-refractivity contribution is 0.262. The predicted octanol–water partition coefficient (Wildman–Crippen LogP) is 3.60. The molecular weight excluding hydrogens is 228 g/mol. The van der Waals surface area contributed by atoms with Gasteiger partial charge in [-0.05, 0) is 34.7 Å². The van der Waals surface area contributed by atoms with Gasteiger partial charge < -0.3 is 0 Å². The van der Waals surface area contributed by atoms with Gasteiger partial charge in [0, 0.05) is 10.7 Å². The molecule has 0 radical (unpaired) electrons. The fraction of sp³-hybridized carbons (Fsp3) is 0.429. The summed E-state index contributed by atoms with van der Waals surface area (Å²) in [4.78, 5) is 0. The zero-order valence-corrected chi connectivity index (χ0v) is 10.7. The van der Waals surface area contributed by atoms with Gasteiger partial charge in [-0.25, -0.2) is 0 Å². The van der Waals surface area contributed by atoms with Crippen LogP contribution in [0.25, 0.3) is 10.1 Å². The van der Waals surface area contributed by atoms with E-state index in [1.807, 2.05) is 11.3 Å². The zero-order valence-electron chi connectivity index (χ0n) is 9.86. The molecule has 1 fully saturated rings. The Morgan fingerprint density at radius 3 is 2.88 bits per heavy atom. The second-order valence-electron chi connectivity index (χ2n) is 4.94. The molecule has 1 aliphatic rings. The van der Waals surface area contributed by atoms with E-state index < -0.39 is 0 Å². The van der Waals surface area contributed by atoms with Crippen LogP contribution in [-0.2, 0) is 0 Å². The molecule has 3 heteroatoms. The van der Waals surface area contributed by atoms with E-state index in [1.165, 1.54) is 41.3 Å². The van der Waals surface area contributed by atoms with Crippen LogP contribution in [0.3, 0.4) is 0 Å². The third kappa shape index (κ3) is 2.10. The molecule has 0 amide bonds. The summed E-state index contributed by atoms with van der Waals surface area (Å²) in [6, 6.07) is 8.90. The Balaban J connectivity index is 1.89. The van der Waals surface area contributed by atoms with E-state index in [1.54, 1.807) is 0 Å². The van der Waals surface area contributed by atoms with Crippen molar-refractivity contribution in [2.24, 2.45) is 11.8 Å². The molecule has 3 rings (SSSR count). The molecule has 17 heavy (non-hydrogen) atoms. The Kier molecular flexibility index (Phi) is 3.14. The first-order chi connectivity index (χ1) is 8.38. The number of hydrazine groups is 1. The monoisotopic (exact) mass is 246 g/mol. The molecule has 1 aromatic heterocycles. The average molecular weight is 246 g/mol. The standard InChI is InChI=1S/C14H18N2S/c15-16-13(8-10-4-3-5-10)12-9-17-14-7-2-1-6-11(12)14/h1-2,6-7,9-10,13,16H,3-5,8,15H2. The van der Waals surface area contributed by atoms with Gasteiger partial charge >= 0.3 is 0 Å². The SMILES string of the molecule is NNC(CC1CCC1)c1csc2ccccc12. The van der Waals surface area contributed by atoms with Gasteiger partial charge in [-0.15, -0.1) is 11.3 Å². The number of thiophene rings is 1. The normalized spacial score (nSPS) is 18.2. The van der Waals surface area contributed by atoms with Gasteiger partial charge in [-0.3, -0.25) is 11.3 Å². The van der Waals surface area contributed by atoms with Crippen LogP contribution in [0.5, 0.6) is 0 Å². The molecule has 1 aliphatic carbocycles. The van der Waals surface area contributed by atoms with Crippen LogP contribution < -0.4 is 11.3 Å². The van der Waals surface area contributed by atoms with E-state index in [0.717, 1.165) is 5.92 Å². The fourth-order valence-electron chi connectivity index (χ4n) is 2.61. The molecular formula is C14H18N2S. The lowest BCUT2D eigenvalue weighted by Crippen LogP contribution is -2.30. The number of benzene rings is 1. The molecule has 1 saturated carbocycles. The number of nitrogens with two attached hydrogens (primary N) is 1. The summed E-state index contributed by atoms with van der Waals surface area (Å²) in [7, 11) is 0. The Bertz CT molecular complexity index is 502. The Morgan fingerprint density at radius 2 is 2.18 bits per heavy atom. The van der Waals surface area contributed by atoms with Gasteiger partial charge in [-0.2, -0.15) is 0 Å². The lowest BCUT2D eigenvalue weighted by Gasteiger charge is -2.29. The zero-order chi connectivity index (χ0) is 11.7. The van der Waals surface area contributed by atoms with Gasteiger partial charge in [0.15, 0.2) is 0 Å². The van der Waals surface area contributed by atoms with E-state index in [9.17, 15) is 0 Å². The van der Waals surface area contributed by atoms with Crippen molar-refractivity contribution in [1.29, 1.82) is 0 Å². The van der Waals surface area contributed by atoms with Crippen LogP contribution >= 0.6 is 11.3 Å². The van der Waals surface area contributed by atoms with Gasteiger partial charge in [-0.1, -0.05) is 37.5 Å². The summed E-state index contributed by atoms with van der Waals surface area (Å²) >= 11 is 1.81. The van der Waals surface area contributed by atoms with Crippen molar-refractivity contribution in [3.8, 4) is 0 Å². The van der Waals surface area contributed by atoms with Crippen molar-refractivity contribution < 1.29 is 0 Å². The molecule has 1 atom stereocenters. The van der Waals surface area contributed by atoms with Gasteiger partial charge in [0.25, 0.3) is 0 Å². The molecule has 0 spiro atoms. The number of hydrogen-bond donors (Lipinski definition) is 2. The van der Waals surface area contributed by atoms with Crippen LogP contribution in [0.1, 0.15) is 37.3 Å². The quantitative estimate of drug-likeness (QED) is 0.639. The highest BCUT2D eigenvalue weighted by atomic mass is 32.1. The first-order valence-electron chi connectivity index (χ1n) is 6.30. The lowest BCUT2D eigenvalue weighted by atomic mass is 9.80. The highest BCUT2D eigenvalue weighted by Crippen LogP contribution is 2.38. The molecule has 0 aliphatic heterocycles. The minimum atomic E-state index is 0.316. The smallest absolute Gasteiger partial charge is 0.0477 e. The van der Waals surface area contributed by atoms with Crippen molar-refractivity contribution in [1.82, 2.24) is 5.43 Å². The summed E-state index contributed by atoms with van der Waals surface area (Å²) in [5.41, 5.74) is 4.38. The summed E-state index contributed by atoms with van der Waals surface area (Å²) in [6.07, 6.45) is 5.32. The highest BCUT2D eigenvalue weighted by molar-refractivity contribution is 7.17. The Morgan fingerprint density at radius 1 is 1.35 bits per heavy atom. The number of rotatable bonds is 4.